The van der Waals surface area contributed by atoms with Crippen molar-refractivity contribution in [1.29, 1.82) is 0 Å². The summed E-state index contributed by atoms with van der Waals surface area (Å²) in [6, 6.07) is 25.3. The number of carbonyl (C=O) groups is 9. The second-order valence-electron chi connectivity index (χ2n) is 37.0. The minimum Gasteiger partial charge on any atom is -0.488 e. The highest BCUT2D eigenvalue weighted by Gasteiger charge is 2.46. The van der Waals surface area contributed by atoms with Gasteiger partial charge in [0.25, 0.3) is 0 Å². The first kappa shape index (κ1) is 91.2. The van der Waals surface area contributed by atoms with Crippen LogP contribution in [0.15, 0.2) is 97.3 Å². The molecule has 4 fully saturated rings. The molecule has 680 valence electrons. The lowest BCUT2D eigenvalue weighted by molar-refractivity contribution is -0.140. The Kier molecular flexibility index (Phi) is 26.8. The van der Waals surface area contributed by atoms with Gasteiger partial charge in [-0.3, -0.25) is 19.3 Å². The van der Waals surface area contributed by atoms with E-state index in [9.17, 15) is 43.2 Å². The summed E-state index contributed by atoms with van der Waals surface area (Å²) in [5.74, 6) is 3.00. The Hall–Kier alpha value is -13.0. The molecule has 9 N–H and O–H groups in total. The number of methoxy groups -OCH3 is 4. The molecule has 8 amide bonds. The van der Waals surface area contributed by atoms with Gasteiger partial charge < -0.3 is 94.2 Å². The third kappa shape index (κ3) is 18.9. The Balaban J connectivity index is 0.000000184. The lowest BCUT2D eigenvalue weighted by Crippen LogP contribution is -2.52. The Labute approximate surface area is 742 Å². The standard InChI is InChI=1S/C45H54N8O7.C43H51N7O6.C7H13NO4/c1-22(2)37(50-44(56)58-7)42(54)52-20-24(5)15-35(52)40-46-19-33(48-40)27-10-12-29-28(16-27)21-60-36-18-30-26(17-31(29)36)11-13-32-39(30)49-41(47-32)34-14-9-25(6)53(34)43(55)38(23(3)4)51-45(57)59-8;1-22(2)36(48-41(52)54-8)40(51)50-24(4)9-14-33(50)39-45-31-13-11-25-17-30-28-12-10-26(16-27(28)21-55-35(30)18-29(25)37(31)47-39)32-19-44-38(46-32)34-15-23(3)20-49(34)42(53)56-43(5,6)7;1-4(2)5(6(9)10)8-7(11)12-3/h10-13,16-19,22-25,34-35,37-38H,9,14-15,20-21H2,1-8H3,(H,46,48)(H,47,49)(H,50,56)(H,51,57);10-13,16-19,22-24,33-34,36H,9,14-15,20-21H2,1-8H3,(H,44,46)(H,45,47)(H,48,52);4-5H,1-3H3,(H,8,11)(H,9,10)/t24-,25-,34-,35?,37-,38?;23-,24-,33-,34?,36?;5-/m000/s1. The number of fused-ring (bicyclic) bond motifs is 12. The smallest absolute Gasteiger partial charge is 0.410 e. The molecule has 33 heteroatoms. The first-order valence-electron chi connectivity index (χ1n) is 44.0. The van der Waals surface area contributed by atoms with E-state index in [1.54, 1.807) is 18.7 Å². The number of nitrogens with one attached hydrogen (secondary N) is 8. The molecule has 12 atom stereocenters. The summed E-state index contributed by atoms with van der Waals surface area (Å²) in [7, 11) is 5.07. The number of imidazole rings is 4. The van der Waals surface area contributed by atoms with Crippen molar-refractivity contribution in [3.05, 3.63) is 132 Å². The number of carboxylic acid groups (broad SMARTS) is 1. The highest BCUT2D eigenvalue weighted by molar-refractivity contribution is 6.08. The summed E-state index contributed by atoms with van der Waals surface area (Å²) in [6.07, 6.45) is 5.44. The van der Waals surface area contributed by atoms with Crippen LogP contribution in [0.2, 0.25) is 0 Å². The molecule has 0 radical (unpaired) electrons. The molecule has 4 aromatic heterocycles. The molecule has 6 aliphatic rings. The van der Waals surface area contributed by atoms with Crippen LogP contribution in [0.4, 0.5) is 24.0 Å². The number of likely N-dealkylation sites (tertiary alicyclic amines) is 4. The van der Waals surface area contributed by atoms with Crippen molar-refractivity contribution in [1.82, 2.24) is 80.7 Å². The Morgan fingerprint density at radius 3 is 1.22 bits per heavy atom. The van der Waals surface area contributed by atoms with E-state index in [2.05, 4.69) is 133 Å². The van der Waals surface area contributed by atoms with E-state index >= 15 is 0 Å². The summed E-state index contributed by atoms with van der Waals surface area (Å²) in [4.78, 5) is 153. The van der Waals surface area contributed by atoms with E-state index in [1.165, 1.54) is 28.4 Å². The lowest BCUT2D eigenvalue weighted by Gasteiger charge is -2.32. The molecule has 0 aliphatic carbocycles. The van der Waals surface area contributed by atoms with Crippen LogP contribution in [-0.4, -0.2) is 202 Å². The summed E-state index contributed by atoms with van der Waals surface area (Å²) in [5, 5.41) is 23.0. The number of hydrogen-bond donors (Lipinski definition) is 9. The number of carboxylic acids is 1. The second kappa shape index (κ2) is 37.5. The normalized spacial score (nSPS) is 20.2. The summed E-state index contributed by atoms with van der Waals surface area (Å²) in [6.45, 7) is 30.8. The fourth-order valence-corrected chi connectivity index (χ4v) is 18.5. The predicted molar refractivity (Wildman–Crippen MR) is 480 cm³/mol. The SMILES string of the molecule is COC(=O)NC(C(=O)N1[C@@H](C)CC[C@H]1c1nc2c(ccc3cc4c(cc32)OCc2cc(-c3cnc(C5C[C@H](C)CN5C(=O)OC(C)(C)C)[nH]3)ccc2-4)[nH]1)C(C)C.COC(=O)NC(C(=O)N1[C@@H](C)CC[C@H]1c1nc2c(ccc3cc4c(cc32)OCc2cc(-c3cnc(C5C[C@H](C)CN5C(=O)[C@@H](NC(=O)OC)C(C)C)[nH]3)ccc2-4)[nH]1)C(C)C.COC(=O)N[C@H](C(=O)O)C(C)C. The highest BCUT2D eigenvalue weighted by atomic mass is 16.6. The van der Waals surface area contributed by atoms with Crippen LogP contribution in [-0.2, 0) is 56.1 Å². The van der Waals surface area contributed by atoms with Gasteiger partial charge in [0.1, 0.15) is 77.8 Å². The molecule has 0 saturated carbocycles. The predicted octanol–water partition coefficient (Wildman–Crippen LogP) is 16.3. The number of alkyl carbamates (subject to hydrolysis) is 4. The van der Waals surface area contributed by atoms with E-state index in [0.29, 0.717) is 43.9 Å². The van der Waals surface area contributed by atoms with Crippen LogP contribution in [0.5, 0.6) is 11.5 Å². The number of aliphatic carboxylic acids is 1. The van der Waals surface area contributed by atoms with E-state index in [0.717, 1.165) is 161 Å². The largest absolute Gasteiger partial charge is 0.488 e. The lowest BCUT2D eigenvalue weighted by atomic mass is 9.92. The van der Waals surface area contributed by atoms with Crippen LogP contribution in [0, 0.1) is 35.5 Å². The fourth-order valence-electron chi connectivity index (χ4n) is 18.5. The zero-order valence-electron chi connectivity index (χ0n) is 76.1. The average molecular weight is 1760 g/mol. The molecule has 4 unspecified atom stereocenters. The van der Waals surface area contributed by atoms with Gasteiger partial charge in [-0.05, 0) is 201 Å². The van der Waals surface area contributed by atoms with Gasteiger partial charge in [0.05, 0.1) is 98.5 Å². The Morgan fingerprint density at radius 1 is 0.453 bits per heavy atom. The first-order chi connectivity index (χ1) is 60.9. The number of carbonyl (C=O) groups excluding carboxylic acids is 8. The number of nitrogens with zero attached hydrogens (tertiary/aromatic N) is 8. The van der Waals surface area contributed by atoms with Crippen molar-refractivity contribution < 1.29 is 81.4 Å². The van der Waals surface area contributed by atoms with Crippen LogP contribution in [0.3, 0.4) is 0 Å². The maximum atomic E-state index is 14.0. The second-order valence-corrected chi connectivity index (χ2v) is 37.0. The van der Waals surface area contributed by atoms with Gasteiger partial charge >= 0.3 is 36.4 Å². The molecular weight excluding hydrogens is 1640 g/mol. The minimum absolute atomic E-state index is 0.0138. The molecule has 4 saturated heterocycles. The van der Waals surface area contributed by atoms with E-state index in [4.69, 9.17) is 53.5 Å². The topological polar surface area (TPSA) is 414 Å². The Bertz CT molecular complexity index is 5880. The summed E-state index contributed by atoms with van der Waals surface area (Å²) in [5.41, 5.74) is 12.8. The van der Waals surface area contributed by atoms with Gasteiger partial charge in [0.2, 0.25) is 17.7 Å². The van der Waals surface area contributed by atoms with Crippen LogP contribution < -0.4 is 30.7 Å². The van der Waals surface area contributed by atoms with Gasteiger partial charge in [-0.15, -0.1) is 0 Å². The first-order valence-corrected chi connectivity index (χ1v) is 44.0. The maximum Gasteiger partial charge on any atom is 0.410 e. The van der Waals surface area contributed by atoms with E-state index in [-0.39, 0.29) is 89.7 Å². The minimum atomic E-state index is -1.06. The molecule has 6 aromatic carbocycles. The Morgan fingerprint density at radius 2 is 0.836 bits per heavy atom. The van der Waals surface area contributed by atoms with Gasteiger partial charge in [-0.2, -0.15) is 0 Å². The molecule has 33 nitrogen and oxygen atoms in total. The molecule has 6 aliphatic heterocycles. The number of aromatic amines is 4. The molecular formula is C95H118N16O17. The number of H-pyrrole nitrogens is 4. The number of aromatic nitrogens is 8. The van der Waals surface area contributed by atoms with Gasteiger partial charge in [0, 0.05) is 47.1 Å². The maximum absolute atomic E-state index is 14.0. The third-order valence-electron chi connectivity index (χ3n) is 25.1. The monoisotopic (exact) mass is 1750 g/mol. The fraction of sp³-hybridized carbons (Fsp3) is 0.484. The van der Waals surface area contributed by atoms with Crippen molar-refractivity contribution >= 4 is 97.8 Å². The molecule has 16 rings (SSSR count). The van der Waals surface area contributed by atoms with Crippen molar-refractivity contribution in [3.63, 3.8) is 0 Å². The number of rotatable bonds is 18. The highest BCUT2D eigenvalue weighted by Crippen LogP contribution is 2.48. The van der Waals surface area contributed by atoms with Crippen molar-refractivity contribution in [2.45, 2.75) is 222 Å². The molecule has 0 spiro atoms. The average Bonchev–Trinajstić information content (AvgIpc) is 1.39. The molecule has 128 heavy (non-hydrogen) atoms. The summed E-state index contributed by atoms with van der Waals surface area (Å²) < 4.78 is 37.3. The number of ether oxygens (including phenoxy) is 7. The quantitative estimate of drug-likeness (QED) is 0.0360. The number of benzene rings is 6. The molecule has 0 bridgehead atoms. The molecule has 10 aromatic rings. The zero-order valence-corrected chi connectivity index (χ0v) is 76.1. The van der Waals surface area contributed by atoms with Crippen LogP contribution in [0.25, 0.3) is 88.4 Å². The van der Waals surface area contributed by atoms with Gasteiger partial charge in [-0.25, -0.2) is 48.7 Å². The van der Waals surface area contributed by atoms with Crippen molar-refractivity contribution in [2.75, 3.05) is 41.5 Å². The third-order valence-corrected chi connectivity index (χ3v) is 25.1. The van der Waals surface area contributed by atoms with E-state index < -0.39 is 60.1 Å². The number of hydrogen-bond acceptors (Lipinski definition) is 20. The molecule has 10 heterocycles. The number of amides is 8. The zero-order chi connectivity index (χ0) is 91.9. The van der Waals surface area contributed by atoms with Crippen LogP contribution in [0.1, 0.15) is 201 Å². The van der Waals surface area contributed by atoms with Crippen LogP contribution >= 0.6 is 0 Å². The summed E-state index contributed by atoms with van der Waals surface area (Å²) >= 11 is 0. The van der Waals surface area contributed by atoms with E-state index in [1.807, 2.05) is 115 Å². The van der Waals surface area contributed by atoms with Gasteiger partial charge in [-0.1, -0.05) is 106 Å². The van der Waals surface area contributed by atoms with Crippen molar-refractivity contribution in [2.24, 2.45) is 35.5 Å². The van der Waals surface area contributed by atoms with Gasteiger partial charge in [0.15, 0.2) is 0 Å². The van der Waals surface area contributed by atoms with Crippen molar-refractivity contribution in [3.8, 4) is 56.3 Å².